The van der Waals surface area contributed by atoms with Gasteiger partial charge in [0, 0.05) is 37.4 Å². The Morgan fingerprint density at radius 1 is 0.929 bits per heavy atom. The highest BCUT2D eigenvalue weighted by Crippen LogP contribution is 2.45. The van der Waals surface area contributed by atoms with Gasteiger partial charge in [-0.05, 0) is 54.9 Å². The molecule has 1 aromatic carbocycles. The molecule has 0 radical (unpaired) electrons. The van der Waals surface area contributed by atoms with Crippen molar-refractivity contribution in [3.05, 3.63) is 89.8 Å². The molecule has 1 unspecified atom stereocenters. The quantitative estimate of drug-likeness (QED) is 0.696. The van der Waals surface area contributed by atoms with Gasteiger partial charge in [-0.2, -0.15) is 0 Å². The van der Waals surface area contributed by atoms with Crippen LogP contribution >= 0.6 is 0 Å². The first-order valence-corrected chi connectivity index (χ1v) is 9.79. The summed E-state index contributed by atoms with van der Waals surface area (Å²) in [5, 5.41) is 0. The van der Waals surface area contributed by atoms with Crippen molar-refractivity contribution in [2.75, 3.05) is 24.5 Å². The van der Waals surface area contributed by atoms with E-state index < -0.39 is 0 Å². The molecule has 0 bridgehead atoms. The highest BCUT2D eigenvalue weighted by atomic mass is 19.1. The van der Waals surface area contributed by atoms with E-state index in [1.165, 1.54) is 17.4 Å². The van der Waals surface area contributed by atoms with Crippen molar-refractivity contribution in [2.24, 2.45) is 0 Å². The molecule has 4 heterocycles. The number of anilines is 1. The van der Waals surface area contributed by atoms with Crippen LogP contribution in [0.4, 0.5) is 10.1 Å². The number of rotatable bonds is 4. The lowest BCUT2D eigenvalue weighted by atomic mass is 9.85. The standard InChI is InChI=1S/C23H23FN4/c24-19-6-3-5-18(13-19)14-27-12-9-23(16-27)17-28(15-20-7-1-2-10-25-20)21-8-4-11-26-22(21)23/h1-8,10-11,13H,9,12,14-17H2. The molecule has 1 fully saturated rings. The van der Waals surface area contributed by atoms with Crippen molar-refractivity contribution in [1.29, 1.82) is 0 Å². The summed E-state index contributed by atoms with van der Waals surface area (Å²) in [7, 11) is 0. The van der Waals surface area contributed by atoms with Crippen molar-refractivity contribution in [3.63, 3.8) is 0 Å². The smallest absolute Gasteiger partial charge is 0.123 e. The normalized spacial score (nSPS) is 21.4. The minimum Gasteiger partial charge on any atom is -0.363 e. The predicted molar refractivity (Wildman–Crippen MR) is 107 cm³/mol. The Bertz CT molecular complexity index is 977. The molecule has 0 aliphatic carbocycles. The summed E-state index contributed by atoms with van der Waals surface area (Å²) in [5.41, 5.74) is 4.57. The topological polar surface area (TPSA) is 32.3 Å². The minimum absolute atomic E-state index is 0.0404. The predicted octanol–water partition coefficient (Wildman–Crippen LogP) is 3.78. The van der Waals surface area contributed by atoms with Gasteiger partial charge in [0.05, 0.1) is 23.6 Å². The Morgan fingerprint density at radius 2 is 1.86 bits per heavy atom. The number of halogens is 1. The van der Waals surface area contributed by atoms with E-state index in [4.69, 9.17) is 4.98 Å². The maximum absolute atomic E-state index is 13.5. The van der Waals surface area contributed by atoms with E-state index in [0.29, 0.717) is 0 Å². The lowest BCUT2D eigenvalue weighted by molar-refractivity contribution is 0.304. The van der Waals surface area contributed by atoms with E-state index in [1.54, 1.807) is 12.1 Å². The maximum atomic E-state index is 13.5. The molecule has 1 saturated heterocycles. The van der Waals surface area contributed by atoms with Crippen LogP contribution in [-0.4, -0.2) is 34.5 Å². The number of hydrogen-bond acceptors (Lipinski definition) is 4. The number of nitrogens with zero attached hydrogens (tertiary/aromatic N) is 4. The molecule has 3 aromatic rings. The molecule has 0 N–H and O–H groups in total. The van der Waals surface area contributed by atoms with Crippen LogP contribution in [0, 0.1) is 5.82 Å². The van der Waals surface area contributed by atoms with Gasteiger partial charge in [-0.15, -0.1) is 0 Å². The zero-order valence-electron chi connectivity index (χ0n) is 15.8. The third kappa shape index (κ3) is 3.16. The van der Waals surface area contributed by atoms with E-state index in [0.717, 1.165) is 50.4 Å². The maximum Gasteiger partial charge on any atom is 0.123 e. The van der Waals surface area contributed by atoms with Gasteiger partial charge in [-0.25, -0.2) is 4.39 Å². The molecule has 1 atom stereocenters. The zero-order chi connectivity index (χ0) is 19.0. The van der Waals surface area contributed by atoms with E-state index in [9.17, 15) is 4.39 Å². The number of likely N-dealkylation sites (tertiary alicyclic amines) is 1. The van der Waals surface area contributed by atoms with Gasteiger partial charge in [0.25, 0.3) is 0 Å². The first kappa shape index (κ1) is 17.3. The molecule has 2 aliphatic rings. The fourth-order valence-corrected chi connectivity index (χ4v) is 4.72. The summed E-state index contributed by atoms with van der Waals surface area (Å²) in [6.45, 7) is 4.48. The lowest BCUT2D eigenvalue weighted by Crippen LogP contribution is -2.36. The average Bonchev–Trinajstić information content (AvgIpc) is 3.25. The molecular weight excluding hydrogens is 351 g/mol. The summed E-state index contributed by atoms with van der Waals surface area (Å²) in [6.07, 6.45) is 4.83. The van der Waals surface area contributed by atoms with E-state index in [2.05, 4.69) is 26.9 Å². The summed E-state index contributed by atoms with van der Waals surface area (Å²) >= 11 is 0. The molecular formula is C23H23FN4. The second kappa shape index (κ2) is 6.99. The fraction of sp³-hybridized carbons (Fsp3) is 0.304. The van der Waals surface area contributed by atoms with Crippen molar-refractivity contribution in [3.8, 4) is 0 Å². The number of aromatic nitrogens is 2. The summed E-state index contributed by atoms with van der Waals surface area (Å²) in [4.78, 5) is 14.1. The molecule has 142 valence electrons. The second-order valence-corrected chi connectivity index (χ2v) is 7.92. The molecule has 1 spiro atoms. The number of benzene rings is 1. The Labute approximate surface area is 164 Å². The van der Waals surface area contributed by atoms with Gasteiger partial charge in [0.2, 0.25) is 0 Å². The van der Waals surface area contributed by atoms with Crippen LogP contribution in [0.1, 0.15) is 23.4 Å². The van der Waals surface area contributed by atoms with Gasteiger partial charge in [-0.1, -0.05) is 18.2 Å². The van der Waals surface area contributed by atoms with E-state index in [-0.39, 0.29) is 11.2 Å². The first-order valence-electron chi connectivity index (χ1n) is 9.79. The van der Waals surface area contributed by atoms with Crippen LogP contribution in [-0.2, 0) is 18.5 Å². The molecule has 0 amide bonds. The molecule has 2 aliphatic heterocycles. The number of pyridine rings is 2. The van der Waals surface area contributed by atoms with Crippen LogP contribution < -0.4 is 4.90 Å². The second-order valence-electron chi connectivity index (χ2n) is 7.92. The third-order valence-electron chi connectivity index (χ3n) is 5.93. The summed E-state index contributed by atoms with van der Waals surface area (Å²) in [5.74, 6) is -0.166. The van der Waals surface area contributed by atoms with Crippen LogP contribution in [0.2, 0.25) is 0 Å². The van der Waals surface area contributed by atoms with Crippen LogP contribution in [0.3, 0.4) is 0 Å². The van der Waals surface area contributed by atoms with E-state index >= 15 is 0 Å². The molecule has 2 aromatic heterocycles. The van der Waals surface area contributed by atoms with Crippen molar-refractivity contribution < 1.29 is 4.39 Å². The average molecular weight is 374 g/mol. The van der Waals surface area contributed by atoms with Crippen LogP contribution in [0.25, 0.3) is 0 Å². The van der Waals surface area contributed by atoms with Gasteiger partial charge >= 0.3 is 0 Å². The van der Waals surface area contributed by atoms with Gasteiger partial charge in [0.15, 0.2) is 0 Å². The monoisotopic (exact) mass is 374 g/mol. The Balaban J connectivity index is 1.38. The Kier molecular flexibility index (Phi) is 4.32. The largest absolute Gasteiger partial charge is 0.363 e. The van der Waals surface area contributed by atoms with Crippen LogP contribution in [0.5, 0.6) is 0 Å². The molecule has 5 rings (SSSR count). The highest BCUT2D eigenvalue weighted by Gasteiger charge is 2.48. The summed E-state index contributed by atoms with van der Waals surface area (Å²) in [6, 6.07) is 17.2. The highest BCUT2D eigenvalue weighted by molar-refractivity contribution is 5.60. The van der Waals surface area contributed by atoms with Gasteiger partial charge in [-0.3, -0.25) is 14.9 Å². The lowest BCUT2D eigenvalue weighted by Gasteiger charge is -2.26. The molecule has 0 saturated carbocycles. The molecule has 4 nitrogen and oxygen atoms in total. The van der Waals surface area contributed by atoms with E-state index in [1.807, 2.05) is 36.7 Å². The SMILES string of the molecule is Fc1cccc(CN2CCC3(C2)CN(Cc2ccccn2)c2cccnc23)c1. The Hall–Kier alpha value is -2.79. The first-order chi connectivity index (χ1) is 13.7. The fourth-order valence-electron chi connectivity index (χ4n) is 4.72. The zero-order valence-corrected chi connectivity index (χ0v) is 15.8. The van der Waals surface area contributed by atoms with Crippen molar-refractivity contribution >= 4 is 5.69 Å². The third-order valence-corrected chi connectivity index (χ3v) is 5.93. The number of hydrogen-bond donors (Lipinski definition) is 0. The molecule has 5 heteroatoms. The number of fused-ring (bicyclic) bond motifs is 2. The van der Waals surface area contributed by atoms with Gasteiger partial charge < -0.3 is 4.90 Å². The van der Waals surface area contributed by atoms with Crippen molar-refractivity contribution in [2.45, 2.75) is 24.9 Å². The van der Waals surface area contributed by atoms with Crippen LogP contribution in [0.15, 0.2) is 67.0 Å². The Morgan fingerprint density at radius 3 is 2.71 bits per heavy atom. The minimum atomic E-state index is -0.166. The summed E-state index contributed by atoms with van der Waals surface area (Å²) < 4.78 is 13.5. The van der Waals surface area contributed by atoms with Gasteiger partial charge in [0.1, 0.15) is 5.82 Å². The van der Waals surface area contributed by atoms with Crippen molar-refractivity contribution in [1.82, 2.24) is 14.9 Å². The molecule has 28 heavy (non-hydrogen) atoms.